The SMILES string of the molecule is Cc1ccc(OCC(C)NC(=O)CCCCCCN)cc1. The molecule has 1 unspecified atom stereocenters. The van der Waals surface area contributed by atoms with Gasteiger partial charge in [0, 0.05) is 6.42 Å². The summed E-state index contributed by atoms with van der Waals surface area (Å²) in [4.78, 5) is 11.8. The number of rotatable bonds is 10. The number of carbonyl (C=O) groups excluding carboxylic acids is 1. The molecule has 0 spiro atoms. The molecule has 3 N–H and O–H groups in total. The van der Waals surface area contributed by atoms with Gasteiger partial charge >= 0.3 is 0 Å². The van der Waals surface area contributed by atoms with Crippen LogP contribution in [0.2, 0.25) is 0 Å². The zero-order valence-electron chi connectivity index (χ0n) is 13.2. The second-order valence-electron chi connectivity index (χ2n) is 5.55. The molecular weight excluding hydrogens is 264 g/mol. The van der Waals surface area contributed by atoms with Crippen molar-refractivity contribution in [3.8, 4) is 5.75 Å². The first-order valence-electron chi connectivity index (χ1n) is 7.80. The van der Waals surface area contributed by atoms with Gasteiger partial charge in [-0.3, -0.25) is 4.79 Å². The molecule has 0 saturated carbocycles. The van der Waals surface area contributed by atoms with Crippen LogP contribution < -0.4 is 15.8 Å². The van der Waals surface area contributed by atoms with Crippen LogP contribution in [0.4, 0.5) is 0 Å². The van der Waals surface area contributed by atoms with Crippen LogP contribution in [0, 0.1) is 6.92 Å². The van der Waals surface area contributed by atoms with E-state index in [1.165, 1.54) is 5.56 Å². The minimum Gasteiger partial charge on any atom is -0.491 e. The highest BCUT2D eigenvalue weighted by Gasteiger charge is 2.07. The van der Waals surface area contributed by atoms with E-state index < -0.39 is 0 Å². The lowest BCUT2D eigenvalue weighted by molar-refractivity contribution is -0.122. The molecule has 1 rings (SSSR count). The van der Waals surface area contributed by atoms with Crippen molar-refractivity contribution >= 4 is 5.91 Å². The van der Waals surface area contributed by atoms with Crippen molar-refractivity contribution in [2.24, 2.45) is 5.73 Å². The van der Waals surface area contributed by atoms with Crippen molar-refractivity contribution in [1.82, 2.24) is 5.32 Å². The number of nitrogens with two attached hydrogens (primary N) is 1. The number of hydrogen-bond donors (Lipinski definition) is 2. The summed E-state index contributed by atoms with van der Waals surface area (Å²) >= 11 is 0. The number of carbonyl (C=O) groups is 1. The van der Waals surface area contributed by atoms with Crippen LogP contribution in [0.15, 0.2) is 24.3 Å². The predicted molar refractivity (Wildman–Crippen MR) is 86.4 cm³/mol. The number of ether oxygens (including phenoxy) is 1. The maximum atomic E-state index is 11.8. The van der Waals surface area contributed by atoms with Gasteiger partial charge in [0.15, 0.2) is 0 Å². The van der Waals surface area contributed by atoms with Crippen LogP contribution in [0.5, 0.6) is 5.75 Å². The van der Waals surface area contributed by atoms with E-state index in [1.54, 1.807) is 0 Å². The summed E-state index contributed by atoms with van der Waals surface area (Å²) in [6.45, 7) is 5.22. The highest BCUT2D eigenvalue weighted by molar-refractivity contribution is 5.76. The fraction of sp³-hybridized carbons (Fsp3) is 0.588. The Kier molecular flexibility index (Phi) is 8.51. The molecule has 0 saturated heterocycles. The molecule has 118 valence electrons. The Morgan fingerprint density at radius 2 is 1.86 bits per heavy atom. The predicted octanol–water partition coefficient (Wildman–Crippen LogP) is 2.79. The summed E-state index contributed by atoms with van der Waals surface area (Å²) in [5.74, 6) is 0.936. The molecule has 4 nitrogen and oxygen atoms in total. The third-order valence-corrected chi connectivity index (χ3v) is 3.29. The van der Waals surface area contributed by atoms with Crippen molar-refractivity contribution in [3.63, 3.8) is 0 Å². The number of hydrogen-bond acceptors (Lipinski definition) is 3. The Balaban J connectivity index is 2.13. The molecule has 0 aliphatic carbocycles. The molecule has 0 aliphatic heterocycles. The second kappa shape index (κ2) is 10.2. The summed E-state index contributed by atoms with van der Waals surface area (Å²) in [5, 5.41) is 2.96. The van der Waals surface area contributed by atoms with E-state index in [0.29, 0.717) is 13.0 Å². The second-order valence-corrected chi connectivity index (χ2v) is 5.55. The van der Waals surface area contributed by atoms with E-state index >= 15 is 0 Å². The van der Waals surface area contributed by atoms with Crippen molar-refractivity contribution < 1.29 is 9.53 Å². The lowest BCUT2D eigenvalue weighted by Crippen LogP contribution is -2.36. The fourth-order valence-electron chi connectivity index (χ4n) is 2.03. The standard InChI is InChI=1S/C17H28N2O2/c1-14-8-10-16(11-9-14)21-13-15(2)19-17(20)7-5-3-4-6-12-18/h8-11,15H,3-7,12-13,18H2,1-2H3,(H,19,20). The fourth-order valence-corrected chi connectivity index (χ4v) is 2.03. The first kappa shape index (κ1) is 17.5. The molecule has 1 aromatic rings. The van der Waals surface area contributed by atoms with Gasteiger partial charge in [0.1, 0.15) is 12.4 Å². The van der Waals surface area contributed by atoms with E-state index in [9.17, 15) is 4.79 Å². The highest BCUT2D eigenvalue weighted by atomic mass is 16.5. The number of amides is 1. The first-order valence-corrected chi connectivity index (χ1v) is 7.80. The van der Waals surface area contributed by atoms with Crippen molar-refractivity contribution in [2.75, 3.05) is 13.2 Å². The summed E-state index contributed by atoms with van der Waals surface area (Å²) < 4.78 is 5.65. The maximum Gasteiger partial charge on any atom is 0.220 e. The molecule has 21 heavy (non-hydrogen) atoms. The van der Waals surface area contributed by atoms with Crippen LogP contribution >= 0.6 is 0 Å². The first-order chi connectivity index (χ1) is 10.1. The number of benzene rings is 1. The Morgan fingerprint density at radius 3 is 2.52 bits per heavy atom. The third-order valence-electron chi connectivity index (χ3n) is 3.29. The number of aryl methyl sites for hydroxylation is 1. The van der Waals surface area contributed by atoms with E-state index in [2.05, 4.69) is 5.32 Å². The van der Waals surface area contributed by atoms with Gasteiger partial charge < -0.3 is 15.8 Å². The average molecular weight is 292 g/mol. The average Bonchev–Trinajstić information content (AvgIpc) is 2.46. The summed E-state index contributed by atoms with van der Waals surface area (Å²) in [6.07, 6.45) is 4.73. The number of nitrogens with one attached hydrogen (secondary N) is 1. The third kappa shape index (κ3) is 8.35. The molecule has 0 bridgehead atoms. The molecule has 1 aromatic carbocycles. The Morgan fingerprint density at radius 1 is 1.19 bits per heavy atom. The van der Waals surface area contributed by atoms with Crippen LogP contribution in [-0.2, 0) is 4.79 Å². The number of unbranched alkanes of at least 4 members (excludes halogenated alkanes) is 3. The van der Waals surface area contributed by atoms with Crippen molar-refractivity contribution in [3.05, 3.63) is 29.8 Å². The molecule has 4 heteroatoms. The van der Waals surface area contributed by atoms with E-state index in [4.69, 9.17) is 10.5 Å². The van der Waals surface area contributed by atoms with Gasteiger partial charge in [-0.1, -0.05) is 30.5 Å². The van der Waals surface area contributed by atoms with Gasteiger partial charge in [-0.05, 0) is 45.4 Å². The molecule has 0 radical (unpaired) electrons. The minimum absolute atomic E-state index is 0.0165. The van der Waals surface area contributed by atoms with Gasteiger partial charge in [0.2, 0.25) is 5.91 Å². The van der Waals surface area contributed by atoms with Crippen molar-refractivity contribution in [1.29, 1.82) is 0 Å². The Labute approximate surface area is 128 Å². The zero-order chi connectivity index (χ0) is 15.5. The summed E-state index contributed by atoms with van der Waals surface area (Å²) in [6, 6.07) is 7.94. The Bertz CT molecular complexity index is 404. The van der Waals surface area contributed by atoms with Crippen LogP contribution in [0.25, 0.3) is 0 Å². The molecular formula is C17H28N2O2. The molecule has 0 heterocycles. The van der Waals surface area contributed by atoms with Crippen LogP contribution in [-0.4, -0.2) is 25.1 Å². The highest BCUT2D eigenvalue weighted by Crippen LogP contribution is 2.11. The largest absolute Gasteiger partial charge is 0.491 e. The van der Waals surface area contributed by atoms with Gasteiger partial charge in [-0.15, -0.1) is 0 Å². The molecule has 1 atom stereocenters. The summed E-state index contributed by atoms with van der Waals surface area (Å²) in [5.41, 5.74) is 6.64. The normalized spacial score (nSPS) is 12.0. The quantitative estimate of drug-likeness (QED) is 0.652. The van der Waals surface area contributed by atoms with Crippen molar-refractivity contribution in [2.45, 2.75) is 52.0 Å². The Hall–Kier alpha value is -1.55. The van der Waals surface area contributed by atoms with Gasteiger partial charge in [0.05, 0.1) is 6.04 Å². The summed E-state index contributed by atoms with van der Waals surface area (Å²) in [7, 11) is 0. The van der Waals surface area contributed by atoms with Crippen LogP contribution in [0.3, 0.4) is 0 Å². The lowest BCUT2D eigenvalue weighted by atomic mass is 10.1. The maximum absolute atomic E-state index is 11.8. The van der Waals surface area contributed by atoms with Gasteiger partial charge in [-0.2, -0.15) is 0 Å². The molecule has 0 aromatic heterocycles. The lowest BCUT2D eigenvalue weighted by Gasteiger charge is -2.15. The van der Waals surface area contributed by atoms with E-state index in [-0.39, 0.29) is 11.9 Å². The molecule has 1 amide bonds. The van der Waals surface area contributed by atoms with Gasteiger partial charge in [0.25, 0.3) is 0 Å². The van der Waals surface area contributed by atoms with E-state index in [0.717, 1.165) is 38.0 Å². The molecule has 0 aliphatic rings. The topological polar surface area (TPSA) is 64.3 Å². The molecule has 0 fully saturated rings. The zero-order valence-corrected chi connectivity index (χ0v) is 13.2. The smallest absolute Gasteiger partial charge is 0.220 e. The van der Waals surface area contributed by atoms with Gasteiger partial charge in [-0.25, -0.2) is 0 Å². The minimum atomic E-state index is 0.0165. The van der Waals surface area contributed by atoms with E-state index in [1.807, 2.05) is 38.1 Å². The monoisotopic (exact) mass is 292 g/mol. The van der Waals surface area contributed by atoms with Crippen LogP contribution in [0.1, 0.15) is 44.6 Å².